The molecule has 0 atom stereocenters. The summed E-state index contributed by atoms with van der Waals surface area (Å²) in [7, 11) is 0. The summed E-state index contributed by atoms with van der Waals surface area (Å²) in [5.41, 5.74) is 4.77. The Labute approximate surface area is 167 Å². The summed E-state index contributed by atoms with van der Waals surface area (Å²) in [4.78, 5) is 23.7. The molecule has 152 valence electrons. The lowest BCUT2D eigenvalue weighted by molar-refractivity contribution is -0.137. The number of nitrogens with two attached hydrogens (primary N) is 1. The lowest BCUT2D eigenvalue weighted by Crippen LogP contribution is -2.16. The van der Waals surface area contributed by atoms with Crippen molar-refractivity contribution in [2.24, 2.45) is 5.73 Å². The van der Waals surface area contributed by atoms with Gasteiger partial charge in [-0.1, -0.05) is 0 Å². The molecular weight excluding hydrogens is 409 g/mol. The zero-order chi connectivity index (χ0) is 21.2. The van der Waals surface area contributed by atoms with Gasteiger partial charge >= 0.3 is 6.18 Å². The van der Waals surface area contributed by atoms with Gasteiger partial charge in [0.05, 0.1) is 23.4 Å². The van der Waals surface area contributed by atoms with E-state index in [0.29, 0.717) is 0 Å². The third-order valence-electron chi connectivity index (χ3n) is 3.49. The number of anilines is 2. The molecule has 3 rings (SSSR count). The topological polar surface area (TPSA) is 116 Å². The fraction of sp³-hybridized carbons (Fsp3) is 0.235. The summed E-state index contributed by atoms with van der Waals surface area (Å²) in [6.45, 7) is 3.57. The third-order valence-corrected chi connectivity index (χ3v) is 4.12. The second-order valence-corrected chi connectivity index (χ2v) is 6.79. The van der Waals surface area contributed by atoms with Gasteiger partial charge in [-0.3, -0.25) is 4.79 Å². The highest BCUT2D eigenvalue weighted by Gasteiger charge is 2.34. The molecule has 8 nitrogen and oxygen atoms in total. The highest BCUT2D eigenvalue weighted by atomic mass is 32.1. The van der Waals surface area contributed by atoms with Crippen LogP contribution < -0.4 is 15.8 Å². The fourth-order valence-electron chi connectivity index (χ4n) is 2.32. The van der Waals surface area contributed by atoms with E-state index in [9.17, 15) is 18.0 Å². The van der Waals surface area contributed by atoms with E-state index in [1.54, 1.807) is 13.8 Å². The number of rotatable bonds is 6. The minimum absolute atomic E-state index is 0.0779. The van der Waals surface area contributed by atoms with E-state index in [4.69, 9.17) is 10.5 Å². The highest BCUT2D eigenvalue weighted by molar-refractivity contribution is 7.09. The van der Waals surface area contributed by atoms with Crippen molar-refractivity contribution in [3.8, 4) is 17.3 Å². The molecular formula is C17H15F3N6O2S. The van der Waals surface area contributed by atoms with Gasteiger partial charge < -0.3 is 15.8 Å². The molecule has 12 heteroatoms. The lowest BCUT2D eigenvalue weighted by atomic mass is 10.2. The van der Waals surface area contributed by atoms with E-state index in [1.807, 2.05) is 0 Å². The number of halogens is 3. The zero-order valence-corrected chi connectivity index (χ0v) is 16.0. The van der Waals surface area contributed by atoms with Crippen molar-refractivity contribution < 1.29 is 22.7 Å². The Kier molecular flexibility index (Phi) is 5.64. The van der Waals surface area contributed by atoms with Crippen molar-refractivity contribution in [3.05, 3.63) is 41.7 Å². The van der Waals surface area contributed by atoms with E-state index >= 15 is 0 Å². The van der Waals surface area contributed by atoms with Crippen LogP contribution in [0.3, 0.4) is 0 Å². The van der Waals surface area contributed by atoms with Gasteiger partial charge in [0.25, 0.3) is 5.91 Å². The molecule has 0 bridgehead atoms. The standard InChI is InChI=1S/C17H15F3N6O2S/c1-8(2)28-12-7-23-11(6-9(12)13(21)27)15-25-16(29-26-15)24-14-10(17(18,19)20)4-3-5-22-14/h3-8H,1-2H3,(H2,21,27)(H,22,24,25,26). The van der Waals surface area contributed by atoms with Gasteiger partial charge in [-0.05, 0) is 32.0 Å². The van der Waals surface area contributed by atoms with Crippen molar-refractivity contribution in [2.45, 2.75) is 26.1 Å². The second-order valence-electron chi connectivity index (χ2n) is 6.04. The first-order valence-electron chi connectivity index (χ1n) is 8.25. The number of ether oxygens (including phenoxy) is 1. The molecule has 0 saturated heterocycles. The Morgan fingerprint density at radius 3 is 2.72 bits per heavy atom. The van der Waals surface area contributed by atoms with Gasteiger partial charge in [-0.15, -0.1) is 0 Å². The number of alkyl halides is 3. The fourth-order valence-corrected chi connectivity index (χ4v) is 2.90. The molecule has 1 amide bonds. The molecule has 0 unspecified atom stereocenters. The molecule has 29 heavy (non-hydrogen) atoms. The predicted octanol–water partition coefficient (Wildman–Crippen LogP) is 3.64. The van der Waals surface area contributed by atoms with E-state index in [0.717, 1.165) is 17.6 Å². The van der Waals surface area contributed by atoms with Gasteiger partial charge in [-0.25, -0.2) is 9.97 Å². The van der Waals surface area contributed by atoms with Crippen LogP contribution in [0.25, 0.3) is 11.5 Å². The second kappa shape index (κ2) is 7.99. The summed E-state index contributed by atoms with van der Waals surface area (Å²) in [5.74, 6) is -0.788. The predicted molar refractivity (Wildman–Crippen MR) is 99.9 cm³/mol. The molecule has 0 aliphatic rings. The molecule has 0 saturated carbocycles. The number of primary amides is 1. The average molecular weight is 424 g/mol. The normalized spacial score (nSPS) is 11.5. The van der Waals surface area contributed by atoms with E-state index in [2.05, 4.69) is 24.6 Å². The lowest BCUT2D eigenvalue weighted by Gasteiger charge is -2.12. The molecule has 3 aromatic heterocycles. The number of nitrogens with zero attached hydrogens (tertiary/aromatic N) is 4. The summed E-state index contributed by atoms with van der Waals surface area (Å²) in [5, 5.41) is 2.59. The molecule has 0 spiro atoms. The van der Waals surface area contributed by atoms with Gasteiger partial charge in [0, 0.05) is 17.7 Å². The number of carbonyl (C=O) groups excluding carboxylic acids is 1. The van der Waals surface area contributed by atoms with Crippen molar-refractivity contribution >= 4 is 28.4 Å². The largest absolute Gasteiger partial charge is 0.489 e. The van der Waals surface area contributed by atoms with Crippen molar-refractivity contribution in [1.82, 2.24) is 19.3 Å². The molecule has 0 fully saturated rings. The Morgan fingerprint density at radius 1 is 1.31 bits per heavy atom. The molecule has 0 aromatic carbocycles. The van der Waals surface area contributed by atoms with Gasteiger partial charge in [0.1, 0.15) is 11.5 Å². The number of hydrogen-bond donors (Lipinski definition) is 2. The highest BCUT2D eigenvalue weighted by Crippen LogP contribution is 2.35. The first-order chi connectivity index (χ1) is 13.6. The monoisotopic (exact) mass is 424 g/mol. The maximum atomic E-state index is 13.1. The maximum Gasteiger partial charge on any atom is 0.419 e. The van der Waals surface area contributed by atoms with Crippen LogP contribution in [0.5, 0.6) is 5.75 Å². The first-order valence-corrected chi connectivity index (χ1v) is 9.02. The summed E-state index contributed by atoms with van der Waals surface area (Å²) < 4.78 is 48.8. The minimum Gasteiger partial charge on any atom is -0.489 e. The SMILES string of the molecule is CC(C)Oc1cnc(-c2nsc(Nc3ncccc3C(F)(F)F)n2)cc1C(N)=O. The van der Waals surface area contributed by atoms with E-state index in [1.165, 1.54) is 24.5 Å². The van der Waals surface area contributed by atoms with Gasteiger partial charge in [0.15, 0.2) is 11.6 Å². The number of carbonyl (C=O) groups is 1. The Bertz CT molecular complexity index is 1040. The molecule has 0 radical (unpaired) electrons. The van der Waals surface area contributed by atoms with Crippen LogP contribution in [0.4, 0.5) is 24.1 Å². The quantitative estimate of drug-likeness (QED) is 0.620. The summed E-state index contributed by atoms with van der Waals surface area (Å²) in [6, 6.07) is 3.47. The van der Waals surface area contributed by atoms with Crippen molar-refractivity contribution in [1.29, 1.82) is 0 Å². The van der Waals surface area contributed by atoms with E-state index in [-0.39, 0.29) is 34.1 Å². The number of nitrogens with one attached hydrogen (secondary N) is 1. The molecule has 0 aliphatic carbocycles. The number of pyridine rings is 2. The Morgan fingerprint density at radius 2 is 2.07 bits per heavy atom. The Balaban J connectivity index is 1.89. The van der Waals surface area contributed by atoms with Crippen LogP contribution >= 0.6 is 11.5 Å². The van der Waals surface area contributed by atoms with Crippen LogP contribution in [0.1, 0.15) is 29.8 Å². The van der Waals surface area contributed by atoms with Crippen LogP contribution in [0, 0.1) is 0 Å². The minimum atomic E-state index is -4.58. The Hall–Kier alpha value is -3.28. The number of hydrogen-bond acceptors (Lipinski definition) is 8. The zero-order valence-electron chi connectivity index (χ0n) is 15.2. The maximum absolute atomic E-state index is 13.1. The number of aromatic nitrogens is 4. The smallest absolute Gasteiger partial charge is 0.419 e. The third kappa shape index (κ3) is 4.77. The van der Waals surface area contributed by atoms with Crippen LogP contribution in [-0.2, 0) is 6.18 Å². The average Bonchev–Trinajstić information content (AvgIpc) is 3.09. The molecule has 3 heterocycles. The van der Waals surface area contributed by atoms with E-state index < -0.39 is 23.5 Å². The molecule has 0 aliphatic heterocycles. The number of amides is 1. The summed E-state index contributed by atoms with van der Waals surface area (Å²) >= 11 is 0.821. The van der Waals surface area contributed by atoms with Gasteiger partial charge in [0.2, 0.25) is 5.13 Å². The van der Waals surface area contributed by atoms with Crippen LogP contribution in [0.15, 0.2) is 30.6 Å². The molecule has 3 aromatic rings. The van der Waals surface area contributed by atoms with Gasteiger partial charge in [-0.2, -0.15) is 22.5 Å². The van der Waals surface area contributed by atoms with Crippen molar-refractivity contribution in [2.75, 3.05) is 5.32 Å². The van der Waals surface area contributed by atoms with Crippen LogP contribution in [0.2, 0.25) is 0 Å². The summed E-state index contributed by atoms with van der Waals surface area (Å²) in [6.07, 6.45) is -2.22. The van der Waals surface area contributed by atoms with Crippen molar-refractivity contribution in [3.63, 3.8) is 0 Å². The first kappa shape index (κ1) is 20.5. The van der Waals surface area contributed by atoms with Crippen LogP contribution in [-0.4, -0.2) is 31.3 Å². The molecule has 3 N–H and O–H groups in total.